The Morgan fingerprint density at radius 3 is 2.12 bits per heavy atom. The van der Waals surface area contributed by atoms with E-state index in [1.165, 1.54) is 5.56 Å². The molecule has 0 spiro atoms. The zero-order valence-electron chi connectivity index (χ0n) is 19.5. The first kappa shape index (κ1) is 23.1. The minimum Gasteiger partial charge on any atom is -0.463 e. The average Bonchev–Trinajstić information content (AvgIpc) is 2.85. The molecule has 0 saturated heterocycles. The molecule has 1 atom stereocenters. The van der Waals surface area contributed by atoms with E-state index in [2.05, 4.69) is 36.6 Å². The van der Waals surface area contributed by atoms with Gasteiger partial charge in [-0.2, -0.15) is 0 Å². The maximum atomic E-state index is 13.0. The molecule has 34 heavy (non-hydrogen) atoms. The first-order valence-electron chi connectivity index (χ1n) is 11.4. The average molecular weight is 457 g/mol. The van der Waals surface area contributed by atoms with E-state index in [0.29, 0.717) is 22.9 Å². The Kier molecular flexibility index (Phi) is 6.97. The van der Waals surface area contributed by atoms with Gasteiger partial charge >= 0.3 is 12.0 Å². The molecule has 6 heteroatoms. The molecule has 1 aliphatic heterocycles. The van der Waals surface area contributed by atoms with Gasteiger partial charge in [0.1, 0.15) is 11.5 Å². The lowest BCUT2D eigenvalue weighted by molar-refractivity contribution is -0.138. The fourth-order valence-electron chi connectivity index (χ4n) is 3.86. The van der Waals surface area contributed by atoms with Crippen LogP contribution in [0.4, 0.5) is 4.79 Å². The van der Waals surface area contributed by atoms with Crippen LogP contribution in [-0.4, -0.2) is 18.6 Å². The molecule has 3 aromatic carbocycles. The molecule has 3 aromatic rings. The summed E-state index contributed by atoms with van der Waals surface area (Å²) in [5.41, 5.74) is 3.52. The Morgan fingerprint density at radius 2 is 1.53 bits per heavy atom. The van der Waals surface area contributed by atoms with Crippen LogP contribution in [0.3, 0.4) is 0 Å². The van der Waals surface area contributed by atoms with Crippen molar-refractivity contribution in [2.75, 3.05) is 6.61 Å². The highest BCUT2D eigenvalue weighted by atomic mass is 16.5. The van der Waals surface area contributed by atoms with Crippen LogP contribution >= 0.6 is 0 Å². The number of amides is 2. The molecule has 0 aliphatic carbocycles. The van der Waals surface area contributed by atoms with E-state index in [1.807, 2.05) is 66.7 Å². The van der Waals surface area contributed by atoms with Gasteiger partial charge in [0.2, 0.25) is 0 Å². The molecule has 0 fully saturated rings. The maximum Gasteiger partial charge on any atom is 0.338 e. The van der Waals surface area contributed by atoms with Crippen LogP contribution in [0.5, 0.6) is 11.5 Å². The van der Waals surface area contributed by atoms with Gasteiger partial charge in [-0.3, -0.25) is 0 Å². The topological polar surface area (TPSA) is 76.7 Å². The lowest BCUT2D eigenvalue weighted by Gasteiger charge is -2.29. The maximum absolute atomic E-state index is 13.0. The fraction of sp³-hybridized carbons (Fsp3) is 0.214. The van der Waals surface area contributed by atoms with Crippen molar-refractivity contribution in [3.63, 3.8) is 0 Å². The van der Waals surface area contributed by atoms with E-state index < -0.39 is 12.0 Å². The SMILES string of the molecule is CCOC(=O)C1=C(c2ccccc2)NC(=O)NC1c1ccc(Oc2ccc(C(C)C)cc2)cc1. The smallest absolute Gasteiger partial charge is 0.338 e. The zero-order chi connectivity index (χ0) is 24.1. The van der Waals surface area contributed by atoms with E-state index >= 15 is 0 Å². The van der Waals surface area contributed by atoms with Gasteiger partial charge in [0.15, 0.2) is 0 Å². The third-order valence-corrected chi connectivity index (χ3v) is 5.63. The Hall–Kier alpha value is -4.06. The molecule has 0 bridgehead atoms. The Bertz CT molecular complexity index is 1180. The lowest BCUT2D eigenvalue weighted by atomic mass is 9.92. The molecule has 0 radical (unpaired) electrons. The molecule has 0 saturated carbocycles. The molecule has 2 N–H and O–H groups in total. The molecule has 6 nitrogen and oxygen atoms in total. The number of rotatable bonds is 7. The van der Waals surface area contributed by atoms with Crippen LogP contribution in [0.15, 0.2) is 84.4 Å². The fourth-order valence-corrected chi connectivity index (χ4v) is 3.86. The largest absolute Gasteiger partial charge is 0.463 e. The highest BCUT2D eigenvalue weighted by Gasteiger charge is 2.34. The van der Waals surface area contributed by atoms with Crippen molar-refractivity contribution in [2.45, 2.75) is 32.7 Å². The molecule has 2 amide bonds. The lowest BCUT2D eigenvalue weighted by Crippen LogP contribution is -2.45. The van der Waals surface area contributed by atoms with Crippen molar-refractivity contribution in [3.8, 4) is 11.5 Å². The highest BCUT2D eigenvalue weighted by molar-refractivity contribution is 6.04. The van der Waals surface area contributed by atoms with Gasteiger partial charge in [0.05, 0.1) is 23.9 Å². The number of benzene rings is 3. The number of carbonyl (C=O) groups is 2. The Balaban J connectivity index is 1.64. The monoisotopic (exact) mass is 456 g/mol. The predicted octanol–water partition coefficient (Wildman–Crippen LogP) is 5.93. The quantitative estimate of drug-likeness (QED) is 0.432. The van der Waals surface area contributed by atoms with Gasteiger partial charge in [0.25, 0.3) is 0 Å². The van der Waals surface area contributed by atoms with Gasteiger partial charge in [-0.1, -0.05) is 68.4 Å². The van der Waals surface area contributed by atoms with Crippen molar-refractivity contribution in [1.29, 1.82) is 0 Å². The summed E-state index contributed by atoms with van der Waals surface area (Å²) in [5, 5.41) is 5.64. The summed E-state index contributed by atoms with van der Waals surface area (Å²) in [7, 11) is 0. The number of esters is 1. The Morgan fingerprint density at radius 1 is 0.912 bits per heavy atom. The van der Waals surface area contributed by atoms with Crippen LogP contribution in [0.2, 0.25) is 0 Å². The summed E-state index contributed by atoms with van der Waals surface area (Å²) in [6, 6.07) is 23.6. The number of hydrogen-bond acceptors (Lipinski definition) is 4. The van der Waals surface area contributed by atoms with Crippen LogP contribution < -0.4 is 15.4 Å². The van der Waals surface area contributed by atoms with Crippen molar-refractivity contribution in [1.82, 2.24) is 10.6 Å². The molecular weight excluding hydrogens is 428 g/mol. The number of urea groups is 1. The predicted molar refractivity (Wildman–Crippen MR) is 131 cm³/mol. The minimum atomic E-state index is -0.664. The summed E-state index contributed by atoms with van der Waals surface area (Å²) in [5.74, 6) is 1.37. The van der Waals surface area contributed by atoms with Crippen molar-refractivity contribution in [2.24, 2.45) is 0 Å². The van der Waals surface area contributed by atoms with Crippen LogP contribution in [0, 0.1) is 0 Å². The van der Waals surface area contributed by atoms with Crippen LogP contribution in [0.25, 0.3) is 5.70 Å². The van der Waals surface area contributed by atoms with Crippen molar-refractivity contribution >= 4 is 17.7 Å². The van der Waals surface area contributed by atoms with Gasteiger partial charge in [-0.05, 0) is 53.8 Å². The minimum absolute atomic E-state index is 0.230. The third-order valence-electron chi connectivity index (χ3n) is 5.63. The summed E-state index contributed by atoms with van der Waals surface area (Å²) < 4.78 is 11.3. The van der Waals surface area contributed by atoms with Crippen LogP contribution in [-0.2, 0) is 9.53 Å². The van der Waals surface area contributed by atoms with E-state index in [0.717, 1.165) is 16.9 Å². The molecule has 174 valence electrons. The second-order valence-electron chi connectivity index (χ2n) is 8.30. The standard InChI is InChI=1S/C28H28N2O4/c1-4-33-27(31)24-25(20-8-6-5-7-9-20)29-28(32)30-26(24)21-12-16-23(17-13-21)34-22-14-10-19(11-15-22)18(2)3/h5-18,26H,4H2,1-3H3,(H2,29,30,32). The summed E-state index contributed by atoms with van der Waals surface area (Å²) in [6.07, 6.45) is 0. The summed E-state index contributed by atoms with van der Waals surface area (Å²) in [4.78, 5) is 25.5. The highest BCUT2D eigenvalue weighted by Crippen LogP contribution is 2.33. The van der Waals surface area contributed by atoms with Gasteiger partial charge in [-0.25, -0.2) is 9.59 Å². The number of carbonyl (C=O) groups excluding carboxylic acids is 2. The van der Waals surface area contributed by atoms with Gasteiger partial charge < -0.3 is 20.1 Å². The van der Waals surface area contributed by atoms with Gasteiger partial charge in [0, 0.05) is 0 Å². The van der Waals surface area contributed by atoms with E-state index in [9.17, 15) is 9.59 Å². The first-order chi connectivity index (χ1) is 16.5. The second-order valence-corrected chi connectivity index (χ2v) is 8.30. The third kappa shape index (κ3) is 5.12. The number of hydrogen-bond donors (Lipinski definition) is 2. The molecule has 4 rings (SSSR count). The van der Waals surface area contributed by atoms with E-state index in [4.69, 9.17) is 9.47 Å². The van der Waals surface area contributed by atoms with Crippen molar-refractivity contribution in [3.05, 3.63) is 101 Å². The molecule has 1 unspecified atom stereocenters. The summed E-state index contributed by atoms with van der Waals surface area (Å²) >= 11 is 0. The van der Waals surface area contributed by atoms with Crippen LogP contribution in [0.1, 0.15) is 49.4 Å². The molecular formula is C28H28N2O4. The van der Waals surface area contributed by atoms with E-state index in [1.54, 1.807) is 6.92 Å². The number of ether oxygens (including phenoxy) is 2. The number of nitrogens with one attached hydrogen (secondary N) is 2. The molecule has 0 aromatic heterocycles. The normalized spacial score (nSPS) is 15.5. The first-order valence-corrected chi connectivity index (χ1v) is 11.4. The molecule has 1 aliphatic rings. The van der Waals surface area contributed by atoms with Gasteiger partial charge in [-0.15, -0.1) is 0 Å². The van der Waals surface area contributed by atoms with E-state index in [-0.39, 0.29) is 12.6 Å². The zero-order valence-corrected chi connectivity index (χ0v) is 19.5. The Labute approximate surface area is 199 Å². The summed E-state index contributed by atoms with van der Waals surface area (Å²) in [6.45, 7) is 6.28. The van der Waals surface area contributed by atoms with Crippen molar-refractivity contribution < 1.29 is 19.1 Å². The molecule has 1 heterocycles. The second kappa shape index (κ2) is 10.3.